The molecule has 0 aliphatic carbocycles. The van der Waals surface area contributed by atoms with Gasteiger partial charge in [0.2, 0.25) is 0 Å². The van der Waals surface area contributed by atoms with Crippen molar-refractivity contribution in [2.45, 2.75) is 32.6 Å². The van der Waals surface area contributed by atoms with Crippen molar-refractivity contribution in [3.8, 4) is 23.6 Å². The van der Waals surface area contributed by atoms with Crippen LogP contribution in [0.15, 0.2) is 47.0 Å². The molecule has 47 heavy (non-hydrogen) atoms. The van der Waals surface area contributed by atoms with Crippen molar-refractivity contribution in [3.05, 3.63) is 65.1 Å². The molecule has 0 fully saturated rings. The lowest BCUT2D eigenvalue weighted by Crippen LogP contribution is -2.52. The highest BCUT2D eigenvalue weighted by Crippen LogP contribution is 2.36. The molecule has 11 heteroatoms. The van der Waals surface area contributed by atoms with Crippen LogP contribution in [0, 0.1) is 12.3 Å². The molecule has 4 aromatic carbocycles. The number of hydrogen-bond acceptors (Lipinski definition) is 2. The van der Waals surface area contributed by atoms with Gasteiger partial charge in [-0.3, -0.25) is 4.98 Å². The van der Waals surface area contributed by atoms with Crippen molar-refractivity contribution >= 4 is 158 Å². The van der Waals surface area contributed by atoms with Gasteiger partial charge >= 0.3 is 0 Å². The van der Waals surface area contributed by atoms with E-state index in [1.165, 1.54) is 81.8 Å². The van der Waals surface area contributed by atoms with E-state index in [4.69, 9.17) is 15.8 Å². The Bertz CT molecular complexity index is 2360. The van der Waals surface area contributed by atoms with Gasteiger partial charge in [0.05, 0.1) is 5.69 Å². The zero-order chi connectivity index (χ0) is 34.1. The van der Waals surface area contributed by atoms with Crippen LogP contribution in [0.1, 0.15) is 43.2 Å². The summed E-state index contributed by atoms with van der Waals surface area (Å²) < 4.78 is 6.96. The average molecular weight is 598 g/mol. The smallest absolute Gasteiger partial charge is 0.144 e. The number of rotatable bonds is 4. The molecule has 0 aliphatic heterocycles. The first-order valence-corrected chi connectivity index (χ1v) is 16.7. The maximum absolute atomic E-state index is 6.96. The fourth-order valence-corrected chi connectivity index (χ4v) is 7.65. The molecule has 6 aromatic rings. The van der Waals surface area contributed by atoms with Crippen LogP contribution >= 0.6 is 0 Å². The summed E-state index contributed by atoms with van der Waals surface area (Å²) in [7, 11) is 20.6. The molecule has 0 spiro atoms. The molecule has 0 saturated heterocycles. The number of furan rings is 1. The summed E-state index contributed by atoms with van der Waals surface area (Å²) in [5.74, 6) is 3.63. The van der Waals surface area contributed by atoms with Gasteiger partial charge in [-0.05, 0) is 62.4 Å². The van der Waals surface area contributed by atoms with Gasteiger partial charge in [0.15, 0.2) is 0 Å². The Morgan fingerprint density at radius 3 is 1.85 bits per heavy atom. The Morgan fingerprint density at radius 2 is 1.30 bits per heavy atom. The Morgan fingerprint density at radius 1 is 0.723 bits per heavy atom. The van der Waals surface area contributed by atoms with Gasteiger partial charge in [0.1, 0.15) is 82.0 Å². The molecule has 0 unspecified atom stereocenters. The molecule has 0 aliphatic rings. The fourth-order valence-electron chi connectivity index (χ4n) is 7.65. The second kappa shape index (κ2) is 11.9. The van der Waals surface area contributed by atoms with Gasteiger partial charge in [0.25, 0.3) is 0 Å². The van der Waals surface area contributed by atoms with E-state index in [9.17, 15) is 0 Å². The SMILES string of the molecule is Bc1c(B)c(B)c2c(c1B)c(B)c(Cc1oc3c(-c4ccc(C(C)(C)C)cn4)cccc3c1/C=C\C#C)c1c(B)c(B)c(B)c(B)c12. The molecule has 0 amide bonds. The van der Waals surface area contributed by atoms with E-state index >= 15 is 0 Å². The molecule has 0 atom stereocenters. The summed E-state index contributed by atoms with van der Waals surface area (Å²) in [5, 5.41) is 6.56. The van der Waals surface area contributed by atoms with Crippen molar-refractivity contribution in [2.75, 3.05) is 0 Å². The van der Waals surface area contributed by atoms with Crippen molar-refractivity contribution in [3.63, 3.8) is 0 Å². The monoisotopic (exact) mass is 599 g/mol. The van der Waals surface area contributed by atoms with E-state index in [0.717, 1.165) is 33.6 Å². The van der Waals surface area contributed by atoms with Gasteiger partial charge in [0, 0.05) is 29.1 Å². The van der Waals surface area contributed by atoms with Crippen molar-refractivity contribution in [1.82, 2.24) is 4.98 Å². The maximum atomic E-state index is 6.96. The molecule has 0 saturated carbocycles. The maximum Gasteiger partial charge on any atom is 0.144 e. The number of fused-ring (bicyclic) bond motifs is 4. The molecule has 220 valence electrons. The molecule has 2 aromatic heterocycles. The zero-order valence-electron chi connectivity index (χ0n) is 30.3. The Kier molecular flexibility index (Phi) is 8.32. The topological polar surface area (TPSA) is 26.0 Å². The quantitative estimate of drug-likeness (QED) is 0.115. The highest BCUT2D eigenvalue weighted by molar-refractivity contribution is 6.72. The molecular formula is C36H38B9NO. The predicted molar refractivity (Wildman–Crippen MR) is 234 cm³/mol. The molecule has 6 rings (SSSR count). The summed E-state index contributed by atoms with van der Waals surface area (Å²) in [6.45, 7) is 6.63. The van der Waals surface area contributed by atoms with Crippen molar-refractivity contribution < 1.29 is 4.42 Å². The molecule has 0 bridgehead atoms. The normalized spacial score (nSPS) is 12.0. The van der Waals surface area contributed by atoms with E-state index in [-0.39, 0.29) is 5.41 Å². The summed E-state index contributed by atoms with van der Waals surface area (Å²) in [6, 6.07) is 10.6. The first-order valence-electron chi connectivity index (χ1n) is 16.7. The number of aromatic nitrogens is 1. The average Bonchev–Trinajstić information content (AvgIpc) is 3.40. The zero-order valence-corrected chi connectivity index (χ0v) is 30.3. The summed E-state index contributed by atoms with van der Waals surface area (Å²) in [6.07, 6.45) is 12.2. The van der Waals surface area contributed by atoms with E-state index in [1.54, 1.807) is 6.08 Å². The lowest BCUT2D eigenvalue weighted by atomic mass is 9.58. The summed E-state index contributed by atoms with van der Waals surface area (Å²) in [4.78, 5) is 4.90. The van der Waals surface area contributed by atoms with Crippen molar-refractivity contribution in [2.24, 2.45) is 0 Å². The van der Waals surface area contributed by atoms with E-state index in [2.05, 4.69) is 128 Å². The first kappa shape index (κ1) is 32.9. The summed E-state index contributed by atoms with van der Waals surface area (Å²) >= 11 is 0. The Labute approximate surface area is 288 Å². The number of pyridine rings is 1. The minimum atomic E-state index is 0.0323. The lowest BCUT2D eigenvalue weighted by molar-refractivity contribution is 0.563. The minimum absolute atomic E-state index is 0.0323. The van der Waals surface area contributed by atoms with Gasteiger partial charge in [-0.2, -0.15) is 0 Å². The number of para-hydroxylation sites is 1. The van der Waals surface area contributed by atoms with Crippen LogP contribution < -0.4 is 49.2 Å². The first-order chi connectivity index (χ1) is 22.2. The molecule has 0 N–H and O–H groups in total. The third-order valence-corrected chi connectivity index (χ3v) is 11.2. The van der Waals surface area contributed by atoms with Crippen LogP contribution in [0.25, 0.3) is 49.8 Å². The number of allylic oxidation sites excluding steroid dienone is 1. The second-order valence-corrected chi connectivity index (χ2v) is 14.6. The van der Waals surface area contributed by atoms with E-state index in [0.29, 0.717) is 6.42 Å². The molecule has 0 radical (unpaired) electrons. The van der Waals surface area contributed by atoms with Gasteiger partial charge in [-0.15, -0.1) is 28.3 Å². The highest BCUT2D eigenvalue weighted by atomic mass is 16.3. The highest BCUT2D eigenvalue weighted by Gasteiger charge is 2.24. The Hall–Kier alpha value is -4.03. The number of nitrogens with zero attached hydrogens (tertiary/aromatic N) is 1. The number of benzene rings is 4. The van der Waals surface area contributed by atoms with Crippen LogP contribution in [-0.2, 0) is 11.8 Å². The number of terminal acetylenes is 1. The van der Waals surface area contributed by atoms with E-state index < -0.39 is 0 Å². The van der Waals surface area contributed by atoms with Crippen LogP contribution in [-0.4, -0.2) is 75.6 Å². The minimum Gasteiger partial charge on any atom is -0.459 e. The Balaban J connectivity index is 1.69. The van der Waals surface area contributed by atoms with Gasteiger partial charge < -0.3 is 4.42 Å². The third kappa shape index (κ3) is 5.16. The molecule has 2 heterocycles. The van der Waals surface area contributed by atoms with Crippen LogP contribution in [0.2, 0.25) is 0 Å². The molecular weight excluding hydrogens is 560 g/mol. The third-order valence-electron chi connectivity index (χ3n) is 11.2. The van der Waals surface area contributed by atoms with E-state index in [1.807, 2.05) is 12.3 Å². The van der Waals surface area contributed by atoms with Gasteiger partial charge in [-0.1, -0.05) is 72.2 Å². The molecule has 2 nitrogen and oxygen atoms in total. The second-order valence-electron chi connectivity index (χ2n) is 14.6. The van der Waals surface area contributed by atoms with Crippen LogP contribution in [0.4, 0.5) is 0 Å². The van der Waals surface area contributed by atoms with Gasteiger partial charge in [-0.25, -0.2) is 0 Å². The predicted octanol–water partition coefficient (Wildman–Crippen LogP) is -6.34. The summed E-state index contributed by atoms with van der Waals surface area (Å²) in [5.41, 5.74) is 18.6. The standard InChI is InChI=1S/C36H38B9NO/c1-5-6-8-16-17-9-7-10-18(20-12-11-15(14-46-20)36(2,3)4)35(17)47-21(16)13-19-22-23(28(39)32(43)31(42)27(22)38)24-25(26(19)37)30(41)34(45)33(44)29(24)40/h1,6-12,14H,13,37-45H2,2-4H3/b8-6-. The lowest BCUT2D eigenvalue weighted by Gasteiger charge is -2.26. The fraction of sp³-hybridized carbons (Fsp3) is 0.139. The largest absolute Gasteiger partial charge is 0.459 e. The number of hydrogen-bond donors (Lipinski definition) is 0. The van der Waals surface area contributed by atoms with Crippen LogP contribution in [0.5, 0.6) is 0 Å². The van der Waals surface area contributed by atoms with Crippen molar-refractivity contribution in [1.29, 1.82) is 0 Å². The van der Waals surface area contributed by atoms with Crippen LogP contribution in [0.3, 0.4) is 0 Å².